The molecule has 1 saturated heterocycles. The number of aliphatic hydroxyl groups excluding tert-OH is 4. The molecule has 0 radical (unpaired) electrons. The normalized spacial score (nSPS) is 33.0. The molecule has 0 unspecified atom stereocenters. The van der Waals surface area contributed by atoms with Crippen LogP contribution < -0.4 is 0 Å². The third-order valence-electron chi connectivity index (χ3n) is 3.88. The first-order chi connectivity index (χ1) is 10.0. The number of phenolic OH excluding ortho intramolecular Hbond substituents is 1. The highest BCUT2D eigenvalue weighted by Crippen LogP contribution is 2.24. The molecule has 1 fully saturated rings. The molecule has 6 heteroatoms. The Morgan fingerprint density at radius 1 is 0.905 bits per heavy atom. The summed E-state index contributed by atoms with van der Waals surface area (Å²) in [7, 11) is 0. The zero-order valence-electron chi connectivity index (χ0n) is 11.7. The van der Waals surface area contributed by atoms with Crippen molar-refractivity contribution < 1.29 is 30.3 Å². The van der Waals surface area contributed by atoms with Crippen LogP contribution in [0.25, 0.3) is 0 Å². The Bertz CT molecular complexity index is 432. The summed E-state index contributed by atoms with van der Waals surface area (Å²) >= 11 is 0. The van der Waals surface area contributed by atoms with Gasteiger partial charge in [0.1, 0.15) is 30.2 Å². The maximum Gasteiger partial charge on any atom is 0.115 e. The van der Waals surface area contributed by atoms with E-state index < -0.39 is 37.1 Å². The van der Waals surface area contributed by atoms with Gasteiger partial charge in [0.15, 0.2) is 0 Å². The smallest absolute Gasteiger partial charge is 0.115 e. The number of aliphatic hydroxyl groups is 4. The second-order valence-corrected chi connectivity index (χ2v) is 5.43. The summed E-state index contributed by atoms with van der Waals surface area (Å²) in [4.78, 5) is 0. The molecule has 2 rings (SSSR count). The van der Waals surface area contributed by atoms with Gasteiger partial charge in [0.25, 0.3) is 0 Å². The highest BCUT2D eigenvalue weighted by atomic mass is 16.5. The minimum Gasteiger partial charge on any atom is -0.508 e. The molecule has 0 aliphatic carbocycles. The second-order valence-electron chi connectivity index (χ2n) is 5.43. The highest BCUT2D eigenvalue weighted by Gasteiger charge is 2.42. The maximum absolute atomic E-state index is 9.91. The van der Waals surface area contributed by atoms with Crippen molar-refractivity contribution in [1.82, 2.24) is 0 Å². The lowest BCUT2D eigenvalue weighted by Crippen LogP contribution is -2.58. The van der Waals surface area contributed by atoms with Gasteiger partial charge >= 0.3 is 0 Å². The Morgan fingerprint density at radius 3 is 2.14 bits per heavy atom. The molecule has 6 nitrogen and oxygen atoms in total. The van der Waals surface area contributed by atoms with Crippen LogP contribution in [0.3, 0.4) is 0 Å². The Balaban J connectivity index is 1.85. The van der Waals surface area contributed by atoms with Crippen LogP contribution in [0.15, 0.2) is 24.3 Å². The van der Waals surface area contributed by atoms with Crippen LogP contribution in [0.4, 0.5) is 0 Å². The number of rotatable bonds is 5. The predicted octanol–water partition coefficient (Wildman–Crippen LogP) is -0.443. The van der Waals surface area contributed by atoms with Gasteiger partial charge in [0.2, 0.25) is 0 Å². The molecule has 0 spiro atoms. The van der Waals surface area contributed by atoms with Crippen molar-refractivity contribution in [2.45, 2.75) is 49.8 Å². The molecule has 118 valence electrons. The SMILES string of the molecule is OC[C@H]1O[C@@H](CCCc2ccc(O)cc2)[C@H](O)[C@@H](O)[C@@H]1O. The fourth-order valence-corrected chi connectivity index (χ4v) is 2.59. The van der Waals surface area contributed by atoms with E-state index in [-0.39, 0.29) is 5.75 Å². The lowest BCUT2D eigenvalue weighted by molar-refractivity contribution is -0.230. The monoisotopic (exact) mass is 298 g/mol. The zero-order chi connectivity index (χ0) is 15.4. The molecule has 1 aliphatic heterocycles. The molecular formula is C15H22O6. The molecule has 21 heavy (non-hydrogen) atoms. The Kier molecular flexibility index (Phi) is 5.55. The zero-order valence-corrected chi connectivity index (χ0v) is 11.7. The summed E-state index contributed by atoms with van der Waals surface area (Å²) in [5.41, 5.74) is 1.05. The fourth-order valence-electron chi connectivity index (χ4n) is 2.59. The Morgan fingerprint density at radius 2 is 1.52 bits per heavy atom. The van der Waals surface area contributed by atoms with Crippen molar-refractivity contribution in [2.24, 2.45) is 0 Å². The molecule has 1 heterocycles. The van der Waals surface area contributed by atoms with Crippen molar-refractivity contribution in [3.63, 3.8) is 0 Å². The van der Waals surface area contributed by atoms with Gasteiger partial charge in [-0.15, -0.1) is 0 Å². The van der Waals surface area contributed by atoms with Crippen LogP contribution in [-0.2, 0) is 11.2 Å². The molecule has 0 saturated carbocycles. The summed E-state index contributed by atoms with van der Waals surface area (Å²) in [6.07, 6.45) is -3.28. The summed E-state index contributed by atoms with van der Waals surface area (Å²) < 4.78 is 5.44. The molecule has 5 N–H and O–H groups in total. The van der Waals surface area contributed by atoms with E-state index in [4.69, 9.17) is 9.84 Å². The van der Waals surface area contributed by atoms with Crippen molar-refractivity contribution in [1.29, 1.82) is 0 Å². The van der Waals surface area contributed by atoms with Gasteiger partial charge in [-0.05, 0) is 37.0 Å². The van der Waals surface area contributed by atoms with Crippen LogP contribution in [0, 0.1) is 0 Å². The van der Waals surface area contributed by atoms with E-state index in [9.17, 15) is 20.4 Å². The van der Waals surface area contributed by atoms with Gasteiger partial charge in [-0.25, -0.2) is 0 Å². The first-order valence-corrected chi connectivity index (χ1v) is 7.11. The number of aryl methyl sites for hydroxylation is 1. The van der Waals surface area contributed by atoms with E-state index in [1.807, 2.05) is 12.1 Å². The lowest BCUT2D eigenvalue weighted by Gasteiger charge is -2.40. The molecule has 5 atom stereocenters. The van der Waals surface area contributed by atoms with E-state index in [0.29, 0.717) is 12.8 Å². The highest BCUT2D eigenvalue weighted by molar-refractivity contribution is 5.25. The van der Waals surface area contributed by atoms with E-state index in [2.05, 4.69) is 0 Å². The fraction of sp³-hybridized carbons (Fsp3) is 0.600. The lowest BCUT2D eigenvalue weighted by atomic mass is 9.92. The van der Waals surface area contributed by atoms with E-state index in [1.165, 1.54) is 0 Å². The summed E-state index contributed by atoms with van der Waals surface area (Å²) in [5, 5.41) is 47.6. The number of benzene rings is 1. The molecule has 1 aliphatic rings. The average Bonchev–Trinajstić information content (AvgIpc) is 2.49. The van der Waals surface area contributed by atoms with Gasteiger partial charge in [-0.2, -0.15) is 0 Å². The van der Waals surface area contributed by atoms with Gasteiger partial charge in [0, 0.05) is 0 Å². The minimum absolute atomic E-state index is 0.215. The summed E-state index contributed by atoms with van der Waals surface area (Å²) in [6, 6.07) is 6.87. The quantitative estimate of drug-likeness (QED) is 0.504. The first kappa shape index (κ1) is 16.2. The third-order valence-corrected chi connectivity index (χ3v) is 3.88. The van der Waals surface area contributed by atoms with E-state index in [0.717, 1.165) is 12.0 Å². The predicted molar refractivity (Wildman–Crippen MR) is 74.8 cm³/mol. The molecular weight excluding hydrogens is 276 g/mol. The minimum atomic E-state index is -1.31. The molecule has 1 aromatic rings. The Labute approximate surface area is 123 Å². The molecule has 0 bridgehead atoms. The van der Waals surface area contributed by atoms with Crippen LogP contribution in [0.5, 0.6) is 5.75 Å². The van der Waals surface area contributed by atoms with Crippen LogP contribution in [0.2, 0.25) is 0 Å². The van der Waals surface area contributed by atoms with Crippen molar-refractivity contribution >= 4 is 0 Å². The third kappa shape index (κ3) is 3.93. The van der Waals surface area contributed by atoms with Crippen LogP contribution in [0.1, 0.15) is 18.4 Å². The van der Waals surface area contributed by atoms with Crippen LogP contribution in [-0.4, -0.2) is 62.7 Å². The summed E-state index contributed by atoms with van der Waals surface area (Å²) in [6.45, 7) is -0.403. The van der Waals surface area contributed by atoms with Crippen LogP contribution >= 0.6 is 0 Å². The second kappa shape index (κ2) is 7.20. The number of hydrogen-bond acceptors (Lipinski definition) is 6. The van der Waals surface area contributed by atoms with E-state index >= 15 is 0 Å². The van der Waals surface area contributed by atoms with Gasteiger partial charge in [-0.1, -0.05) is 12.1 Å². The average molecular weight is 298 g/mol. The standard InChI is InChI=1S/C15H22O6/c16-8-12-14(19)15(20)13(18)11(21-12)3-1-2-9-4-6-10(17)7-5-9/h4-7,11-20H,1-3,8H2/t11-,12+,13-,14+,15+/m0/s1. The molecule has 0 amide bonds. The summed E-state index contributed by atoms with van der Waals surface area (Å²) in [5.74, 6) is 0.215. The van der Waals surface area contributed by atoms with Crippen molar-refractivity contribution in [2.75, 3.05) is 6.61 Å². The maximum atomic E-state index is 9.91. The van der Waals surface area contributed by atoms with Crippen molar-refractivity contribution in [3.05, 3.63) is 29.8 Å². The van der Waals surface area contributed by atoms with Gasteiger partial charge in [-0.3, -0.25) is 0 Å². The number of hydrogen-bond donors (Lipinski definition) is 5. The number of phenols is 1. The van der Waals surface area contributed by atoms with Gasteiger partial charge in [0.05, 0.1) is 12.7 Å². The molecule has 0 aromatic heterocycles. The first-order valence-electron chi connectivity index (χ1n) is 7.11. The van der Waals surface area contributed by atoms with E-state index in [1.54, 1.807) is 12.1 Å². The number of aromatic hydroxyl groups is 1. The number of ether oxygens (including phenoxy) is 1. The largest absolute Gasteiger partial charge is 0.508 e. The Hall–Kier alpha value is -1.18. The van der Waals surface area contributed by atoms with Gasteiger partial charge < -0.3 is 30.3 Å². The van der Waals surface area contributed by atoms with Crippen molar-refractivity contribution in [3.8, 4) is 5.75 Å². The topological polar surface area (TPSA) is 110 Å². The molecule has 1 aromatic carbocycles.